The Balaban J connectivity index is 5.30. The van der Waals surface area contributed by atoms with E-state index in [0.29, 0.717) is 0 Å². The van der Waals surface area contributed by atoms with Gasteiger partial charge in [-0.1, -0.05) is 6.08 Å². The first kappa shape index (κ1) is 17.9. The summed E-state index contributed by atoms with van der Waals surface area (Å²) in [6.07, 6.45) is -4.16. The quantitative estimate of drug-likeness (QED) is 0.572. The predicted octanol–water partition coefficient (Wildman–Crippen LogP) is 0.572. The zero-order chi connectivity index (χ0) is 15.9. The highest BCUT2D eigenvalue weighted by Crippen LogP contribution is 2.18. The van der Waals surface area contributed by atoms with E-state index >= 15 is 0 Å². The van der Waals surface area contributed by atoms with E-state index in [-0.39, 0.29) is 6.42 Å². The number of carbonyl (C=O) groups excluding carboxylic acids is 3. The zero-order valence-electron chi connectivity index (χ0n) is 10.8. The predicted molar refractivity (Wildman–Crippen MR) is 60.3 cm³/mol. The Kier molecular flexibility index (Phi) is 6.74. The highest BCUT2D eigenvalue weighted by atomic mass is 19.4. The number of nitrogens with one attached hydrogen (secondary N) is 1. The fourth-order valence-corrected chi connectivity index (χ4v) is 1.37. The van der Waals surface area contributed by atoms with Crippen LogP contribution in [0.5, 0.6) is 0 Å². The standard InChI is InChI=1S/C11H14F3NO5/c1-4-5-6(8(16)19-2)7(9(17)20-3)15-10(18)11(12,13)14/h4,6-7H,1,5H2,2-3H3,(H,15,18)/t6-,7-/m1/s1. The summed E-state index contributed by atoms with van der Waals surface area (Å²) in [6, 6.07) is -1.82. The van der Waals surface area contributed by atoms with E-state index in [4.69, 9.17) is 0 Å². The number of halogens is 3. The van der Waals surface area contributed by atoms with Gasteiger partial charge in [-0.3, -0.25) is 9.59 Å². The second-order valence-electron chi connectivity index (χ2n) is 3.63. The van der Waals surface area contributed by atoms with Gasteiger partial charge in [0.1, 0.15) is 6.04 Å². The molecule has 0 saturated heterocycles. The largest absolute Gasteiger partial charge is 0.471 e. The van der Waals surface area contributed by atoms with Crippen LogP contribution in [-0.2, 0) is 23.9 Å². The molecule has 0 spiro atoms. The normalized spacial score (nSPS) is 13.8. The van der Waals surface area contributed by atoms with Crippen LogP contribution in [0.3, 0.4) is 0 Å². The lowest BCUT2D eigenvalue weighted by Gasteiger charge is -2.23. The summed E-state index contributed by atoms with van der Waals surface area (Å²) in [5.41, 5.74) is 0. The molecule has 0 unspecified atom stereocenters. The molecule has 0 aromatic rings. The second-order valence-corrected chi connectivity index (χ2v) is 3.63. The highest BCUT2D eigenvalue weighted by molar-refractivity contribution is 5.91. The summed E-state index contributed by atoms with van der Waals surface area (Å²) in [5.74, 6) is -5.88. The van der Waals surface area contributed by atoms with E-state index in [9.17, 15) is 27.6 Å². The molecule has 9 heteroatoms. The lowest BCUT2D eigenvalue weighted by atomic mass is 9.96. The Morgan fingerprint density at radius 2 is 1.70 bits per heavy atom. The summed E-state index contributed by atoms with van der Waals surface area (Å²) in [5, 5.41) is 1.42. The minimum atomic E-state index is -5.19. The Morgan fingerprint density at radius 3 is 2.05 bits per heavy atom. The van der Waals surface area contributed by atoms with Crippen molar-refractivity contribution in [2.45, 2.75) is 18.6 Å². The highest BCUT2D eigenvalue weighted by Gasteiger charge is 2.44. The first-order valence-corrected chi connectivity index (χ1v) is 5.33. The third kappa shape index (κ3) is 4.90. The Bertz CT molecular complexity index is 394. The Labute approximate surface area is 112 Å². The van der Waals surface area contributed by atoms with Gasteiger partial charge in [-0.15, -0.1) is 6.58 Å². The van der Waals surface area contributed by atoms with E-state index in [1.165, 1.54) is 11.4 Å². The van der Waals surface area contributed by atoms with E-state index in [1.807, 2.05) is 0 Å². The number of allylic oxidation sites excluding steroid dienone is 1. The monoisotopic (exact) mass is 297 g/mol. The molecule has 20 heavy (non-hydrogen) atoms. The fraction of sp³-hybridized carbons (Fsp3) is 0.545. The van der Waals surface area contributed by atoms with Crippen molar-refractivity contribution in [3.8, 4) is 0 Å². The van der Waals surface area contributed by atoms with Crippen LogP contribution in [0.15, 0.2) is 12.7 Å². The van der Waals surface area contributed by atoms with Gasteiger partial charge >= 0.3 is 24.0 Å². The number of ether oxygens (including phenoxy) is 2. The molecule has 0 rings (SSSR count). The van der Waals surface area contributed by atoms with Crippen LogP contribution in [0.1, 0.15) is 6.42 Å². The maximum Gasteiger partial charge on any atom is 0.471 e. The number of hydrogen-bond donors (Lipinski definition) is 1. The van der Waals surface area contributed by atoms with Crippen LogP contribution in [0.2, 0.25) is 0 Å². The maximum atomic E-state index is 12.2. The van der Waals surface area contributed by atoms with Crippen LogP contribution < -0.4 is 5.32 Å². The van der Waals surface area contributed by atoms with Crippen LogP contribution in [0.4, 0.5) is 13.2 Å². The third-order valence-corrected chi connectivity index (χ3v) is 2.33. The fourth-order valence-electron chi connectivity index (χ4n) is 1.37. The van der Waals surface area contributed by atoms with Crippen molar-refractivity contribution in [3.63, 3.8) is 0 Å². The molecule has 1 N–H and O–H groups in total. The maximum absolute atomic E-state index is 12.2. The number of amides is 1. The molecule has 0 aliphatic carbocycles. The third-order valence-electron chi connectivity index (χ3n) is 2.33. The van der Waals surface area contributed by atoms with Crippen molar-refractivity contribution in [3.05, 3.63) is 12.7 Å². The molecule has 0 radical (unpaired) electrons. The number of carbonyl (C=O) groups is 3. The van der Waals surface area contributed by atoms with Gasteiger partial charge in [0.2, 0.25) is 0 Å². The van der Waals surface area contributed by atoms with Gasteiger partial charge in [0, 0.05) is 0 Å². The van der Waals surface area contributed by atoms with E-state index in [1.54, 1.807) is 0 Å². The van der Waals surface area contributed by atoms with Crippen molar-refractivity contribution in [2.75, 3.05) is 14.2 Å². The summed E-state index contributed by atoms with van der Waals surface area (Å²) in [6.45, 7) is 3.32. The molecule has 0 aromatic heterocycles. The number of alkyl halides is 3. The average Bonchev–Trinajstić information content (AvgIpc) is 2.39. The zero-order valence-corrected chi connectivity index (χ0v) is 10.8. The van der Waals surface area contributed by atoms with Crippen molar-refractivity contribution < 1.29 is 37.0 Å². The molecule has 0 aliphatic heterocycles. The van der Waals surface area contributed by atoms with Gasteiger partial charge in [0.15, 0.2) is 0 Å². The molecular weight excluding hydrogens is 283 g/mol. The molecule has 0 heterocycles. The van der Waals surface area contributed by atoms with Gasteiger partial charge in [0.05, 0.1) is 20.1 Å². The minimum Gasteiger partial charge on any atom is -0.469 e. The van der Waals surface area contributed by atoms with Crippen molar-refractivity contribution in [2.24, 2.45) is 5.92 Å². The average molecular weight is 297 g/mol. The molecule has 2 atom stereocenters. The Hall–Kier alpha value is -2.06. The van der Waals surface area contributed by atoms with Crippen molar-refractivity contribution >= 4 is 17.8 Å². The molecule has 0 saturated carbocycles. The summed E-state index contributed by atoms with van der Waals surface area (Å²) in [4.78, 5) is 33.8. The van der Waals surface area contributed by atoms with Gasteiger partial charge in [-0.25, -0.2) is 4.79 Å². The molecule has 0 bridgehead atoms. The van der Waals surface area contributed by atoms with Crippen LogP contribution in [0.25, 0.3) is 0 Å². The molecule has 1 amide bonds. The van der Waals surface area contributed by atoms with Gasteiger partial charge in [-0.05, 0) is 6.42 Å². The van der Waals surface area contributed by atoms with Crippen molar-refractivity contribution in [1.82, 2.24) is 5.32 Å². The lowest BCUT2D eigenvalue weighted by molar-refractivity contribution is -0.177. The number of rotatable bonds is 6. The lowest BCUT2D eigenvalue weighted by Crippen LogP contribution is -2.52. The molecule has 0 aromatic carbocycles. The summed E-state index contributed by atoms with van der Waals surface area (Å²) < 4.78 is 45.3. The van der Waals surface area contributed by atoms with Crippen LogP contribution in [-0.4, -0.2) is 44.3 Å². The SMILES string of the molecule is C=CC[C@@H](C(=O)OC)[C@@H](NC(=O)C(F)(F)F)C(=O)OC. The summed E-state index contributed by atoms with van der Waals surface area (Å²) in [7, 11) is 1.91. The molecular formula is C11H14F3NO5. The van der Waals surface area contributed by atoms with Crippen LogP contribution >= 0.6 is 0 Å². The topological polar surface area (TPSA) is 81.7 Å². The summed E-state index contributed by atoms with van der Waals surface area (Å²) >= 11 is 0. The van der Waals surface area contributed by atoms with Gasteiger partial charge in [-0.2, -0.15) is 13.2 Å². The second kappa shape index (κ2) is 7.51. The number of methoxy groups -OCH3 is 2. The van der Waals surface area contributed by atoms with E-state index in [2.05, 4.69) is 16.1 Å². The van der Waals surface area contributed by atoms with E-state index < -0.39 is 36.0 Å². The molecule has 0 fully saturated rings. The smallest absolute Gasteiger partial charge is 0.469 e. The Morgan fingerprint density at radius 1 is 1.20 bits per heavy atom. The minimum absolute atomic E-state index is 0.176. The molecule has 114 valence electrons. The van der Waals surface area contributed by atoms with E-state index in [0.717, 1.165) is 14.2 Å². The van der Waals surface area contributed by atoms with Gasteiger partial charge in [0.25, 0.3) is 0 Å². The first-order valence-electron chi connectivity index (χ1n) is 5.33. The van der Waals surface area contributed by atoms with Crippen LogP contribution in [0, 0.1) is 5.92 Å². The van der Waals surface area contributed by atoms with Gasteiger partial charge < -0.3 is 14.8 Å². The number of esters is 2. The molecule has 0 aliphatic rings. The molecule has 6 nitrogen and oxygen atoms in total. The first-order chi connectivity index (χ1) is 9.18. The number of hydrogen-bond acceptors (Lipinski definition) is 5. The van der Waals surface area contributed by atoms with Crippen molar-refractivity contribution in [1.29, 1.82) is 0 Å².